The summed E-state index contributed by atoms with van der Waals surface area (Å²) in [6.07, 6.45) is 1.17. The Labute approximate surface area is 337 Å². The molecular formula is C42H62BN5O9. The summed E-state index contributed by atoms with van der Waals surface area (Å²) in [7, 11) is 4.37. The maximum atomic E-state index is 14.4. The van der Waals surface area contributed by atoms with Gasteiger partial charge in [-0.2, -0.15) is 0 Å². The van der Waals surface area contributed by atoms with E-state index in [4.69, 9.17) is 24.5 Å². The Morgan fingerprint density at radius 2 is 1.74 bits per heavy atom. The van der Waals surface area contributed by atoms with E-state index >= 15 is 0 Å². The second-order valence-corrected chi connectivity index (χ2v) is 18.9. The number of nitrogens with two attached hydrogens (primary N) is 1. The lowest BCUT2D eigenvalue weighted by Gasteiger charge is -2.64. The number of hydrogen-bond acceptors (Lipinski definition) is 10. The molecule has 0 aromatic heterocycles. The average Bonchev–Trinajstić information content (AvgIpc) is 3.46. The van der Waals surface area contributed by atoms with Gasteiger partial charge in [0.2, 0.25) is 5.91 Å². The summed E-state index contributed by atoms with van der Waals surface area (Å²) in [5.74, 6) is -1.92. The monoisotopic (exact) mass is 791 g/mol. The molecule has 57 heavy (non-hydrogen) atoms. The van der Waals surface area contributed by atoms with Crippen molar-refractivity contribution in [3.05, 3.63) is 58.1 Å². The molecule has 6 N–H and O–H groups in total. The number of nitrogens with zero attached hydrogens (tertiary/aromatic N) is 1. The van der Waals surface area contributed by atoms with Crippen LogP contribution in [0.2, 0.25) is 0 Å². The van der Waals surface area contributed by atoms with Gasteiger partial charge in [0.25, 0.3) is 5.91 Å². The van der Waals surface area contributed by atoms with E-state index in [0.717, 1.165) is 24.0 Å². The molecule has 14 nitrogen and oxygen atoms in total. The van der Waals surface area contributed by atoms with E-state index in [0.29, 0.717) is 23.7 Å². The van der Waals surface area contributed by atoms with Gasteiger partial charge >= 0.3 is 19.2 Å². The highest BCUT2D eigenvalue weighted by molar-refractivity contribution is 6.48. The van der Waals surface area contributed by atoms with Gasteiger partial charge in [-0.25, -0.2) is 9.59 Å². The fraction of sp³-hybridized carbons (Fsp3) is 0.619. The molecule has 4 aliphatic rings. The molecule has 2 aromatic carbocycles. The molecule has 0 radical (unpaired) electrons. The number of carbonyl (C=O) groups excluding carboxylic acids is 3. The number of carbonyl (C=O) groups is 4. The Hall–Kier alpha value is -4.18. The summed E-state index contributed by atoms with van der Waals surface area (Å²) in [5, 5.41) is 18.7. The van der Waals surface area contributed by atoms with Crippen LogP contribution in [0.25, 0.3) is 0 Å². The van der Waals surface area contributed by atoms with Crippen molar-refractivity contribution in [1.82, 2.24) is 15.5 Å². The molecule has 3 amide bonds. The summed E-state index contributed by atoms with van der Waals surface area (Å²) in [6.45, 7) is 18.3. The molecule has 4 fully saturated rings. The van der Waals surface area contributed by atoms with E-state index in [-0.39, 0.29) is 47.3 Å². The molecule has 2 aromatic rings. The fourth-order valence-corrected chi connectivity index (χ4v) is 8.83. The zero-order valence-electron chi connectivity index (χ0n) is 35.6. The standard InChI is InChI=1S/C42H62BN5O9/c1-39(2,3)28-16-15-26(37(51)52)34(54-12)27(28)20-33(43-56-32-19-25-18-31(41(25,7)8)42(32,9)57-43)47-35(49)23-13-14-24(22-48(10)11)30(17-23)46-36(50)29(44)21-45-38(53)55-40(4,5)6/h13-17,25,29,31-33H,18-22,44H2,1-12H3,(H,45,53)(H,46,50)(H,47,49)(H,51,52)/t25?,29?,31?,32?,33-,42?/m0/s1. The molecule has 1 heterocycles. The van der Waals surface area contributed by atoms with Crippen molar-refractivity contribution in [2.24, 2.45) is 23.0 Å². The number of alkyl carbamates (subject to hydrolysis) is 1. The van der Waals surface area contributed by atoms with Crippen LogP contribution in [0.3, 0.4) is 0 Å². The van der Waals surface area contributed by atoms with Crippen LogP contribution in [-0.2, 0) is 37.2 Å². The Balaban J connectivity index is 1.47. The molecule has 15 heteroatoms. The number of methoxy groups -OCH3 is 1. The number of rotatable bonds is 13. The van der Waals surface area contributed by atoms with Crippen LogP contribution in [0.15, 0.2) is 30.3 Å². The van der Waals surface area contributed by atoms with Gasteiger partial charge in [0, 0.05) is 29.9 Å². The molecule has 1 saturated heterocycles. The Morgan fingerprint density at radius 3 is 2.32 bits per heavy atom. The lowest BCUT2D eigenvalue weighted by molar-refractivity contribution is -0.199. The third-order valence-electron chi connectivity index (χ3n) is 11.9. The third kappa shape index (κ3) is 9.43. The number of benzene rings is 2. The lowest BCUT2D eigenvalue weighted by atomic mass is 9.43. The van der Waals surface area contributed by atoms with E-state index in [2.05, 4.69) is 36.7 Å². The van der Waals surface area contributed by atoms with Crippen molar-refractivity contribution in [3.8, 4) is 5.75 Å². The molecular weight excluding hydrogens is 729 g/mol. The van der Waals surface area contributed by atoms with Crippen molar-refractivity contribution in [2.75, 3.05) is 33.1 Å². The van der Waals surface area contributed by atoms with E-state index in [1.165, 1.54) is 7.11 Å². The van der Waals surface area contributed by atoms with E-state index in [1.807, 2.05) is 39.8 Å². The SMILES string of the molecule is COc1c(C(=O)O)ccc(C(C)(C)C)c1C[C@H](NC(=O)c1ccc(CN(C)C)c(NC(=O)C(N)CNC(=O)OC(C)(C)C)c1)B1OC2CC3CC(C3(C)C)C2(C)O1. The minimum Gasteiger partial charge on any atom is -0.496 e. The van der Waals surface area contributed by atoms with Crippen LogP contribution in [-0.4, -0.2) is 98.0 Å². The molecule has 5 unspecified atom stereocenters. The molecule has 1 aliphatic heterocycles. The first-order valence-electron chi connectivity index (χ1n) is 19.7. The molecule has 6 rings (SSSR count). The van der Waals surface area contributed by atoms with E-state index in [1.54, 1.807) is 51.1 Å². The van der Waals surface area contributed by atoms with Gasteiger partial charge in [0.15, 0.2) is 0 Å². The Kier molecular flexibility index (Phi) is 12.5. The van der Waals surface area contributed by atoms with Crippen LogP contribution >= 0.6 is 0 Å². The number of amides is 3. The van der Waals surface area contributed by atoms with Gasteiger partial charge in [-0.1, -0.05) is 46.8 Å². The van der Waals surface area contributed by atoms with Crippen molar-refractivity contribution in [2.45, 2.75) is 123 Å². The van der Waals surface area contributed by atoms with Gasteiger partial charge in [-0.3, -0.25) is 9.59 Å². The minimum atomic E-state index is -1.13. The molecule has 0 spiro atoms. The first-order valence-corrected chi connectivity index (χ1v) is 19.7. The first-order chi connectivity index (χ1) is 26.3. The summed E-state index contributed by atoms with van der Waals surface area (Å²) >= 11 is 0. The van der Waals surface area contributed by atoms with Crippen LogP contribution in [0, 0.1) is 17.3 Å². The second kappa shape index (κ2) is 16.2. The van der Waals surface area contributed by atoms with Gasteiger partial charge in [-0.15, -0.1) is 0 Å². The van der Waals surface area contributed by atoms with E-state index < -0.39 is 59.6 Å². The first kappa shape index (κ1) is 43.9. The zero-order chi connectivity index (χ0) is 42.4. The zero-order valence-corrected chi connectivity index (χ0v) is 35.6. The van der Waals surface area contributed by atoms with Crippen molar-refractivity contribution in [3.63, 3.8) is 0 Å². The van der Waals surface area contributed by atoms with Gasteiger partial charge in [0.1, 0.15) is 23.0 Å². The maximum absolute atomic E-state index is 14.4. The topological polar surface area (TPSA) is 191 Å². The summed E-state index contributed by atoms with van der Waals surface area (Å²) < 4.78 is 24.7. The van der Waals surface area contributed by atoms with Crippen molar-refractivity contribution < 1.29 is 43.1 Å². The van der Waals surface area contributed by atoms with Crippen LogP contribution in [0.1, 0.15) is 113 Å². The molecule has 312 valence electrons. The Morgan fingerprint density at radius 1 is 1.05 bits per heavy atom. The number of ether oxygens (including phenoxy) is 2. The highest BCUT2D eigenvalue weighted by Crippen LogP contribution is 2.65. The van der Waals surface area contributed by atoms with E-state index in [9.17, 15) is 24.3 Å². The summed E-state index contributed by atoms with van der Waals surface area (Å²) in [5.41, 5.74) is 7.44. The highest BCUT2D eigenvalue weighted by Gasteiger charge is 2.68. The van der Waals surface area contributed by atoms with Crippen molar-refractivity contribution in [1.29, 1.82) is 0 Å². The van der Waals surface area contributed by atoms with Crippen LogP contribution < -0.4 is 26.4 Å². The minimum absolute atomic E-state index is 0.0124. The Bertz CT molecular complexity index is 1870. The summed E-state index contributed by atoms with van der Waals surface area (Å²) in [6, 6.07) is 7.30. The molecule has 3 saturated carbocycles. The average molecular weight is 792 g/mol. The lowest BCUT2D eigenvalue weighted by Crippen LogP contribution is -2.65. The summed E-state index contributed by atoms with van der Waals surface area (Å²) in [4.78, 5) is 54.3. The predicted molar refractivity (Wildman–Crippen MR) is 218 cm³/mol. The maximum Gasteiger partial charge on any atom is 0.482 e. The quantitative estimate of drug-likeness (QED) is 0.169. The normalized spacial score (nSPS) is 23.5. The number of nitrogens with one attached hydrogen (secondary N) is 3. The van der Waals surface area contributed by atoms with Gasteiger partial charge in [0.05, 0.1) is 24.8 Å². The van der Waals surface area contributed by atoms with Gasteiger partial charge in [-0.05, 0) is 113 Å². The smallest absolute Gasteiger partial charge is 0.482 e. The van der Waals surface area contributed by atoms with Crippen LogP contribution in [0.5, 0.6) is 5.75 Å². The predicted octanol–water partition coefficient (Wildman–Crippen LogP) is 5.15. The van der Waals surface area contributed by atoms with Crippen LogP contribution in [0.4, 0.5) is 10.5 Å². The number of aromatic carboxylic acids is 1. The second-order valence-electron chi connectivity index (χ2n) is 18.9. The van der Waals surface area contributed by atoms with Crippen molar-refractivity contribution >= 4 is 36.7 Å². The number of carboxylic acids is 1. The number of hydrogen-bond donors (Lipinski definition) is 5. The molecule has 2 bridgehead atoms. The fourth-order valence-electron chi connectivity index (χ4n) is 8.83. The highest BCUT2D eigenvalue weighted by atomic mass is 16.7. The van der Waals surface area contributed by atoms with Gasteiger partial charge < -0.3 is 50.5 Å². The molecule has 6 atom stereocenters. The largest absolute Gasteiger partial charge is 0.496 e. The number of carboxylic acid groups (broad SMARTS) is 1. The molecule has 3 aliphatic carbocycles. The third-order valence-corrected chi connectivity index (χ3v) is 11.9. The number of anilines is 1.